The summed E-state index contributed by atoms with van der Waals surface area (Å²) in [5.41, 5.74) is -0.0634. The lowest BCUT2D eigenvalue weighted by atomic mass is 9.40. The molecule has 1 aromatic rings. The van der Waals surface area contributed by atoms with Crippen LogP contribution in [0.4, 0.5) is 0 Å². The van der Waals surface area contributed by atoms with E-state index < -0.39 is 64.3 Å². The number of allylic oxidation sites excluding steroid dienone is 1. The number of methoxy groups -OCH3 is 1. The standard InChI is InChI=1S/C31H38O10/c1-15(32)39-23(28(36)37-7)24-29(3,4)27(40-16(2)33)19-12-18-20(31(24,6)25(19)35)8-10-30(5)21(18)13-22(34)41-26(30)17-9-11-38-14-17/h9,11,14,19-20,23-24,26-27H,8,10,12-13H2,1-7H3/t19-,20+,23-,24+,26+,27-,30-,31-/m1/s1. The maximum absolute atomic E-state index is 14.5. The topological polar surface area (TPSA) is 135 Å². The largest absolute Gasteiger partial charge is 0.472 e. The lowest BCUT2D eigenvalue weighted by Gasteiger charge is -2.64. The molecule has 10 heteroatoms. The summed E-state index contributed by atoms with van der Waals surface area (Å²) in [5.74, 6) is -4.48. The molecule has 41 heavy (non-hydrogen) atoms. The van der Waals surface area contributed by atoms with Crippen molar-refractivity contribution in [2.24, 2.45) is 34.0 Å². The van der Waals surface area contributed by atoms with Crippen LogP contribution in [0.2, 0.25) is 0 Å². The molecule has 2 bridgehead atoms. The number of Topliss-reactive ketones (excluding diaryl/α,β-unsaturated/α-hetero) is 1. The second kappa shape index (κ2) is 9.84. The zero-order valence-electron chi connectivity index (χ0n) is 24.6. The Morgan fingerprint density at radius 3 is 2.37 bits per heavy atom. The molecule has 0 amide bonds. The first-order chi connectivity index (χ1) is 19.2. The summed E-state index contributed by atoms with van der Waals surface area (Å²) in [6, 6.07) is 1.79. The smallest absolute Gasteiger partial charge is 0.347 e. The molecule has 0 spiro atoms. The van der Waals surface area contributed by atoms with Crippen molar-refractivity contribution in [2.75, 3.05) is 7.11 Å². The summed E-state index contributed by atoms with van der Waals surface area (Å²) in [6.07, 6.45) is 1.84. The van der Waals surface area contributed by atoms with Crippen LogP contribution >= 0.6 is 0 Å². The molecule has 1 aliphatic heterocycles. The van der Waals surface area contributed by atoms with Crippen molar-refractivity contribution in [3.63, 3.8) is 0 Å². The highest BCUT2D eigenvalue weighted by molar-refractivity contribution is 5.93. The summed E-state index contributed by atoms with van der Waals surface area (Å²) < 4.78 is 27.8. The molecule has 0 aromatic carbocycles. The number of ketones is 1. The van der Waals surface area contributed by atoms with Crippen LogP contribution in [0.3, 0.4) is 0 Å². The van der Waals surface area contributed by atoms with Crippen molar-refractivity contribution >= 4 is 29.7 Å². The van der Waals surface area contributed by atoms with Crippen LogP contribution in [0.15, 0.2) is 34.2 Å². The molecule has 10 nitrogen and oxygen atoms in total. The maximum Gasteiger partial charge on any atom is 0.347 e. The number of cyclic esters (lactones) is 1. The Morgan fingerprint density at radius 1 is 1.07 bits per heavy atom. The first-order valence-electron chi connectivity index (χ1n) is 14.1. The van der Waals surface area contributed by atoms with Crippen LogP contribution < -0.4 is 0 Å². The van der Waals surface area contributed by atoms with Gasteiger partial charge in [0.15, 0.2) is 0 Å². The highest BCUT2D eigenvalue weighted by atomic mass is 16.6. The van der Waals surface area contributed by atoms with Gasteiger partial charge in [-0.15, -0.1) is 0 Å². The molecule has 5 rings (SSSR count). The molecule has 0 N–H and O–H groups in total. The number of hydrogen-bond acceptors (Lipinski definition) is 10. The molecule has 0 radical (unpaired) electrons. The molecular formula is C31H38O10. The van der Waals surface area contributed by atoms with Crippen LogP contribution in [-0.4, -0.2) is 49.0 Å². The number of ether oxygens (including phenoxy) is 4. The number of furan rings is 1. The minimum absolute atomic E-state index is 0.0738. The van der Waals surface area contributed by atoms with E-state index in [1.54, 1.807) is 18.6 Å². The van der Waals surface area contributed by atoms with Gasteiger partial charge in [-0.05, 0) is 36.8 Å². The Labute approximate surface area is 239 Å². The lowest BCUT2D eigenvalue weighted by Crippen LogP contribution is -2.69. The fraction of sp³-hybridized carbons (Fsp3) is 0.645. The predicted octanol–water partition coefficient (Wildman–Crippen LogP) is 4.27. The van der Waals surface area contributed by atoms with E-state index in [1.807, 2.05) is 20.8 Å². The number of hydrogen-bond donors (Lipinski definition) is 0. The van der Waals surface area contributed by atoms with Crippen LogP contribution in [0, 0.1) is 34.0 Å². The van der Waals surface area contributed by atoms with E-state index in [2.05, 4.69) is 6.92 Å². The minimum atomic E-state index is -1.41. The highest BCUT2D eigenvalue weighted by Crippen LogP contribution is 2.68. The molecule has 4 aliphatic rings. The van der Waals surface area contributed by atoms with Gasteiger partial charge in [-0.3, -0.25) is 19.2 Å². The van der Waals surface area contributed by atoms with Gasteiger partial charge in [0.25, 0.3) is 0 Å². The number of rotatable bonds is 5. The molecular weight excluding hydrogens is 532 g/mol. The van der Waals surface area contributed by atoms with Crippen molar-refractivity contribution in [1.29, 1.82) is 0 Å². The predicted molar refractivity (Wildman–Crippen MR) is 142 cm³/mol. The van der Waals surface area contributed by atoms with Crippen LogP contribution in [0.25, 0.3) is 0 Å². The lowest BCUT2D eigenvalue weighted by molar-refractivity contribution is -0.217. The van der Waals surface area contributed by atoms with E-state index in [1.165, 1.54) is 21.0 Å². The van der Waals surface area contributed by atoms with Gasteiger partial charge < -0.3 is 23.4 Å². The molecule has 3 fully saturated rings. The summed E-state index contributed by atoms with van der Waals surface area (Å²) in [5, 5.41) is 0. The van der Waals surface area contributed by atoms with Gasteiger partial charge in [-0.25, -0.2) is 4.79 Å². The van der Waals surface area contributed by atoms with Crippen molar-refractivity contribution in [2.45, 2.75) is 85.5 Å². The number of esters is 4. The second-order valence-corrected chi connectivity index (χ2v) is 13.0. The number of carbonyl (C=O) groups excluding carboxylic acids is 5. The molecule has 2 heterocycles. The fourth-order valence-electron chi connectivity index (χ4n) is 8.83. The van der Waals surface area contributed by atoms with E-state index in [-0.39, 0.29) is 24.1 Å². The summed E-state index contributed by atoms with van der Waals surface area (Å²) in [4.78, 5) is 65.4. The summed E-state index contributed by atoms with van der Waals surface area (Å²) in [7, 11) is 1.20. The van der Waals surface area contributed by atoms with Crippen molar-refractivity contribution in [3.05, 3.63) is 35.3 Å². The Hall–Kier alpha value is -3.43. The Kier molecular flexibility index (Phi) is 6.98. The van der Waals surface area contributed by atoms with E-state index in [0.29, 0.717) is 19.3 Å². The zero-order chi connectivity index (χ0) is 30.1. The third-order valence-corrected chi connectivity index (χ3v) is 10.3. The molecule has 0 unspecified atom stereocenters. The molecule has 8 atom stereocenters. The quantitative estimate of drug-likeness (QED) is 0.287. The van der Waals surface area contributed by atoms with E-state index >= 15 is 0 Å². The average Bonchev–Trinajstić information content (AvgIpc) is 3.42. The Bertz CT molecular complexity index is 1320. The third kappa shape index (κ3) is 4.24. The Morgan fingerprint density at radius 2 is 1.78 bits per heavy atom. The average molecular weight is 571 g/mol. The zero-order valence-corrected chi connectivity index (χ0v) is 24.6. The van der Waals surface area contributed by atoms with Crippen molar-refractivity contribution < 1.29 is 47.3 Å². The monoisotopic (exact) mass is 570 g/mol. The molecule has 1 aromatic heterocycles. The van der Waals surface area contributed by atoms with Gasteiger partial charge >= 0.3 is 23.9 Å². The first kappa shape index (κ1) is 29.1. The van der Waals surface area contributed by atoms with E-state index in [9.17, 15) is 24.0 Å². The van der Waals surface area contributed by atoms with Crippen LogP contribution in [-0.2, 0) is 42.9 Å². The van der Waals surface area contributed by atoms with Gasteiger partial charge in [0.2, 0.25) is 6.10 Å². The molecule has 222 valence electrons. The van der Waals surface area contributed by atoms with E-state index in [4.69, 9.17) is 23.4 Å². The summed E-state index contributed by atoms with van der Waals surface area (Å²) in [6.45, 7) is 10.1. The SMILES string of the molecule is COC(=O)[C@H](OC(C)=O)[C@H]1C(C)(C)[C@H](OC(C)=O)[C@@H]2CC3=C4CC(=O)O[C@@H](c5ccoc5)[C@]4(C)CC[C@@H]3[C@@]1(C)C2=O. The highest BCUT2D eigenvalue weighted by Gasteiger charge is 2.71. The maximum atomic E-state index is 14.5. The van der Waals surface area contributed by atoms with Crippen LogP contribution in [0.5, 0.6) is 0 Å². The van der Waals surface area contributed by atoms with E-state index in [0.717, 1.165) is 16.7 Å². The number of fused-ring (bicyclic) bond motifs is 5. The summed E-state index contributed by atoms with van der Waals surface area (Å²) >= 11 is 0. The molecule has 2 saturated carbocycles. The fourth-order valence-corrected chi connectivity index (χ4v) is 8.83. The third-order valence-electron chi connectivity index (χ3n) is 10.3. The minimum Gasteiger partial charge on any atom is -0.472 e. The van der Waals surface area contributed by atoms with Crippen LogP contribution in [0.1, 0.15) is 78.9 Å². The molecule has 3 aliphatic carbocycles. The van der Waals surface area contributed by atoms with Crippen molar-refractivity contribution in [3.8, 4) is 0 Å². The normalized spacial score (nSPS) is 36.3. The van der Waals surface area contributed by atoms with Gasteiger partial charge in [-0.1, -0.05) is 33.3 Å². The van der Waals surface area contributed by atoms with Crippen molar-refractivity contribution in [1.82, 2.24) is 0 Å². The van der Waals surface area contributed by atoms with Gasteiger partial charge in [0.1, 0.15) is 18.0 Å². The first-order valence-corrected chi connectivity index (χ1v) is 14.1. The van der Waals surface area contributed by atoms with Gasteiger partial charge in [0.05, 0.1) is 32.0 Å². The second-order valence-electron chi connectivity index (χ2n) is 13.0. The van der Waals surface area contributed by atoms with Gasteiger partial charge in [0, 0.05) is 41.6 Å². The van der Waals surface area contributed by atoms with Gasteiger partial charge in [-0.2, -0.15) is 0 Å². The number of carbonyl (C=O) groups is 5. The molecule has 1 saturated heterocycles. The Balaban J connectivity index is 1.74.